The molecule has 1 aromatic heterocycles. The normalized spacial score (nSPS) is 19.1. The second-order valence-electron chi connectivity index (χ2n) is 4.91. The first-order valence-corrected chi connectivity index (χ1v) is 7.51. The van der Waals surface area contributed by atoms with Crippen molar-refractivity contribution in [2.45, 2.75) is 26.7 Å². The third-order valence-corrected chi connectivity index (χ3v) is 4.34. The van der Waals surface area contributed by atoms with Crippen LogP contribution >= 0.6 is 11.3 Å². The maximum atomic E-state index is 12.5. The molecule has 0 spiro atoms. The summed E-state index contributed by atoms with van der Waals surface area (Å²) < 4.78 is 5.39. The molecule has 0 N–H and O–H groups in total. The van der Waals surface area contributed by atoms with Crippen LogP contribution < -0.4 is 0 Å². The predicted molar refractivity (Wildman–Crippen MR) is 74.2 cm³/mol. The van der Waals surface area contributed by atoms with Gasteiger partial charge in [-0.05, 0) is 36.8 Å². The second-order valence-corrected chi connectivity index (χ2v) is 5.83. The monoisotopic (exact) mass is 267 g/mol. The summed E-state index contributed by atoms with van der Waals surface area (Å²) in [5.74, 6) is 0.706. The van der Waals surface area contributed by atoms with Gasteiger partial charge in [-0.1, -0.05) is 6.92 Å². The van der Waals surface area contributed by atoms with Gasteiger partial charge in [0, 0.05) is 25.6 Å². The molecule has 0 bridgehead atoms. The number of aryl methyl sites for hydroxylation is 1. The van der Waals surface area contributed by atoms with Gasteiger partial charge in [0.25, 0.3) is 5.91 Å². The summed E-state index contributed by atoms with van der Waals surface area (Å²) in [4.78, 5) is 15.4. The Balaban J connectivity index is 2.04. The van der Waals surface area contributed by atoms with Gasteiger partial charge in [-0.25, -0.2) is 0 Å². The summed E-state index contributed by atoms with van der Waals surface area (Å²) in [7, 11) is 0. The Morgan fingerprint density at radius 2 is 2.44 bits per heavy atom. The van der Waals surface area contributed by atoms with E-state index in [0.717, 1.165) is 49.6 Å². The lowest BCUT2D eigenvalue weighted by Crippen LogP contribution is -2.36. The molecule has 1 amide bonds. The highest BCUT2D eigenvalue weighted by Crippen LogP contribution is 2.20. The average Bonchev–Trinajstić information content (AvgIpc) is 2.99. The standard InChI is InChI=1S/C14H21NO2S/c1-3-6-15(9-12-4-7-17-10-12)14(16)13-11(2)5-8-18-13/h5,8,12H,3-4,6-7,9-10H2,1-2H3. The number of carbonyl (C=O) groups is 1. The largest absolute Gasteiger partial charge is 0.381 e. The molecule has 2 rings (SSSR count). The van der Waals surface area contributed by atoms with E-state index in [2.05, 4.69) is 6.92 Å². The zero-order chi connectivity index (χ0) is 13.0. The third-order valence-electron chi connectivity index (χ3n) is 3.34. The van der Waals surface area contributed by atoms with Crippen LogP contribution in [0.2, 0.25) is 0 Å². The quantitative estimate of drug-likeness (QED) is 0.821. The minimum absolute atomic E-state index is 0.191. The van der Waals surface area contributed by atoms with E-state index in [1.165, 1.54) is 0 Å². The zero-order valence-corrected chi connectivity index (χ0v) is 12.0. The molecule has 4 heteroatoms. The van der Waals surface area contributed by atoms with E-state index in [9.17, 15) is 4.79 Å². The fourth-order valence-corrected chi connectivity index (χ4v) is 3.21. The molecule has 0 saturated carbocycles. The van der Waals surface area contributed by atoms with Crippen molar-refractivity contribution in [3.8, 4) is 0 Å². The van der Waals surface area contributed by atoms with E-state index in [1.807, 2.05) is 23.3 Å². The van der Waals surface area contributed by atoms with Crippen molar-refractivity contribution < 1.29 is 9.53 Å². The van der Waals surface area contributed by atoms with Crippen molar-refractivity contribution in [1.82, 2.24) is 4.90 Å². The van der Waals surface area contributed by atoms with Crippen LogP contribution in [0.25, 0.3) is 0 Å². The van der Waals surface area contributed by atoms with Gasteiger partial charge in [-0.3, -0.25) is 4.79 Å². The van der Waals surface area contributed by atoms with Crippen molar-refractivity contribution >= 4 is 17.2 Å². The lowest BCUT2D eigenvalue weighted by molar-refractivity contribution is 0.0725. The molecule has 0 aromatic carbocycles. The Morgan fingerprint density at radius 1 is 1.61 bits per heavy atom. The van der Waals surface area contributed by atoms with Crippen molar-refractivity contribution in [3.63, 3.8) is 0 Å². The third kappa shape index (κ3) is 3.12. The Bertz CT molecular complexity index is 396. The first kappa shape index (κ1) is 13.6. The highest BCUT2D eigenvalue weighted by molar-refractivity contribution is 7.12. The molecular formula is C14H21NO2S. The highest BCUT2D eigenvalue weighted by Gasteiger charge is 2.24. The van der Waals surface area contributed by atoms with Crippen LogP contribution in [-0.2, 0) is 4.74 Å². The number of hydrogen-bond donors (Lipinski definition) is 0. The second kappa shape index (κ2) is 6.34. The van der Waals surface area contributed by atoms with E-state index in [0.29, 0.717) is 5.92 Å². The number of amides is 1. The van der Waals surface area contributed by atoms with Crippen LogP contribution in [0, 0.1) is 12.8 Å². The molecule has 3 nitrogen and oxygen atoms in total. The van der Waals surface area contributed by atoms with Crippen LogP contribution in [-0.4, -0.2) is 37.1 Å². The molecule has 0 radical (unpaired) electrons. The number of carbonyl (C=O) groups excluding carboxylic acids is 1. The van der Waals surface area contributed by atoms with Gasteiger partial charge in [0.1, 0.15) is 0 Å². The van der Waals surface area contributed by atoms with Gasteiger partial charge in [-0.15, -0.1) is 11.3 Å². The molecule has 100 valence electrons. The molecule has 18 heavy (non-hydrogen) atoms. The number of ether oxygens (including phenoxy) is 1. The van der Waals surface area contributed by atoms with Gasteiger partial charge in [-0.2, -0.15) is 0 Å². The lowest BCUT2D eigenvalue weighted by atomic mass is 10.1. The smallest absolute Gasteiger partial charge is 0.264 e. The van der Waals surface area contributed by atoms with E-state index >= 15 is 0 Å². The molecule has 1 fully saturated rings. The maximum absolute atomic E-state index is 12.5. The first-order valence-electron chi connectivity index (χ1n) is 6.63. The Morgan fingerprint density at radius 3 is 3.00 bits per heavy atom. The van der Waals surface area contributed by atoms with Gasteiger partial charge in [0.15, 0.2) is 0 Å². The van der Waals surface area contributed by atoms with Crippen LogP contribution in [0.5, 0.6) is 0 Å². The van der Waals surface area contributed by atoms with E-state index in [1.54, 1.807) is 11.3 Å². The Labute approximate surface area is 113 Å². The molecule has 1 aliphatic rings. The summed E-state index contributed by atoms with van der Waals surface area (Å²) in [6, 6.07) is 2.01. The zero-order valence-electron chi connectivity index (χ0n) is 11.1. The summed E-state index contributed by atoms with van der Waals surface area (Å²) in [6.45, 7) is 7.45. The van der Waals surface area contributed by atoms with Crippen molar-refractivity contribution in [1.29, 1.82) is 0 Å². The molecule has 1 unspecified atom stereocenters. The van der Waals surface area contributed by atoms with Crippen molar-refractivity contribution in [2.75, 3.05) is 26.3 Å². The summed E-state index contributed by atoms with van der Waals surface area (Å²) in [6.07, 6.45) is 2.08. The molecule has 1 atom stereocenters. The number of hydrogen-bond acceptors (Lipinski definition) is 3. The molecule has 1 saturated heterocycles. The van der Waals surface area contributed by atoms with Crippen LogP contribution in [0.4, 0.5) is 0 Å². The maximum Gasteiger partial charge on any atom is 0.264 e. The Hall–Kier alpha value is -0.870. The van der Waals surface area contributed by atoms with Crippen LogP contribution in [0.1, 0.15) is 35.0 Å². The number of nitrogens with zero attached hydrogens (tertiary/aromatic N) is 1. The SMILES string of the molecule is CCCN(CC1CCOC1)C(=O)c1sccc1C. The van der Waals surface area contributed by atoms with Gasteiger partial charge < -0.3 is 9.64 Å². The fourth-order valence-electron chi connectivity index (χ4n) is 2.32. The van der Waals surface area contributed by atoms with Gasteiger partial charge in [0.05, 0.1) is 11.5 Å². The van der Waals surface area contributed by atoms with E-state index in [4.69, 9.17) is 4.74 Å². The van der Waals surface area contributed by atoms with Crippen LogP contribution in [0.3, 0.4) is 0 Å². The number of thiophene rings is 1. The van der Waals surface area contributed by atoms with E-state index < -0.39 is 0 Å². The summed E-state index contributed by atoms with van der Waals surface area (Å²) in [5, 5.41) is 1.99. The minimum Gasteiger partial charge on any atom is -0.381 e. The first-order chi connectivity index (χ1) is 8.72. The molecule has 1 aliphatic heterocycles. The Kier molecular flexibility index (Phi) is 4.78. The van der Waals surface area contributed by atoms with Crippen molar-refractivity contribution in [3.05, 3.63) is 21.9 Å². The fraction of sp³-hybridized carbons (Fsp3) is 0.643. The minimum atomic E-state index is 0.191. The topological polar surface area (TPSA) is 29.5 Å². The molecule has 2 heterocycles. The molecule has 0 aliphatic carbocycles. The predicted octanol–water partition coefficient (Wildman–Crippen LogP) is 2.95. The molecule has 1 aromatic rings. The highest BCUT2D eigenvalue weighted by atomic mass is 32.1. The van der Waals surface area contributed by atoms with E-state index in [-0.39, 0.29) is 5.91 Å². The summed E-state index contributed by atoms with van der Waals surface area (Å²) >= 11 is 1.55. The molecular weight excluding hydrogens is 246 g/mol. The van der Waals surface area contributed by atoms with Crippen molar-refractivity contribution in [2.24, 2.45) is 5.92 Å². The average molecular weight is 267 g/mol. The van der Waals surface area contributed by atoms with Gasteiger partial charge in [0.2, 0.25) is 0 Å². The number of rotatable bonds is 5. The lowest BCUT2D eigenvalue weighted by Gasteiger charge is -2.24. The van der Waals surface area contributed by atoms with Crippen LogP contribution in [0.15, 0.2) is 11.4 Å². The van der Waals surface area contributed by atoms with Gasteiger partial charge >= 0.3 is 0 Å². The summed E-state index contributed by atoms with van der Waals surface area (Å²) in [5.41, 5.74) is 1.09.